The summed E-state index contributed by atoms with van der Waals surface area (Å²) in [4.78, 5) is 0. The van der Waals surface area contributed by atoms with Gasteiger partial charge in [-0.1, -0.05) is 12.4 Å². The van der Waals surface area contributed by atoms with E-state index in [9.17, 15) is 0 Å². The maximum Gasteiger partial charge on any atom is 0.118 e. The van der Waals surface area contributed by atoms with Crippen LogP contribution in [0.4, 0.5) is 0 Å². The molecule has 2 radical (unpaired) electrons. The Bertz CT molecular complexity index is 185. The highest BCUT2D eigenvalue weighted by atomic mass is 15.3. The molecule has 0 saturated heterocycles. The number of hydrogen-bond acceptors (Lipinski definition) is 1. The van der Waals surface area contributed by atoms with E-state index >= 15 is 0 Å². The van der Waals surface area contributed by atoms with Crippen molar-refractivity contribution in [2.45, 2.75) is 13.3 Å². The Labute approximate surface area is 56.3 Å². The van der Waals surface area contributed by atoms with Crippen LogP contribution in [0.2, 0.25) is 0 Å². The van der Waals surface area contributed by atoms with Crippen LogP contribution in [0.1, 0.15) is 12.6 Å². The highest BCUT2D eigenvalue weighted by Gasteiger charge is 1.98. The summed E-state index contributed by atoms with van der Waals surface area (Å²) in [6, 6.07) is 0. The van der Waals surface area contributed by atoms with Crippen LogP contribution < -0.4 is 5.46 Å². The van der Waals surface area contributed by atoms with Crippen molar-refractivity contribution >= 4 is 13.3 Å². The molecular weight excluding hydrogens is 111 g/mol. The van der Waals surface area contributed by atoms with E-state index in [0.29, 0.717) is 0 Å². The second-order valence-corrected chi connectivity index (χ2v) is 2.02. The lowest BCUT2D eigenvalue weighted by Gasteiger charge is -1.96. The molecule has 9 heavy (non-hydrogen) atoms. The molecule has 2 nitrogen and oxygen atoms in total. The van der Waals surface area contributed by atoms with Crippen molar-refractivity contribution in [3.63, 3.8) is 0 Å². The Morgan fingerprint density at radius 3 is 2.67 bits per heavy atom. The van der Waals surface area contributed by atoms with Gasteiger partial charge < -0.3 is 0 Å². The van der Waals surface area contributed by atoms with Crippen LogP contribution in [-0.2, 0) is 13.5 Å². The largest absolute Gasteiger partial charge is 0.273 e. The molecule has 0 atom stereocenters. The van der Waals surface area contributed by atoms with Crippen LogP contribution in [-0.4, -0.2) is 17.6 Å². The average Bonchev–Trinajstić information content (AvgIpc) is 2.12. The maximum atomic E-state index is 5.57. The third-order valence-electron chi connectivity index (χ3n) is 1.43. The van der Waals surface area contributed by atoms with Gasteiger partial charge in [-0.05, 0) is 6.42 Å². The van der Waals surface area contributed by atoms with Crippen molar-refractivity contribution in [1.82, 2.24) is 9.78 Å². The molecule has 0 N–H and O–H groups in total. The van der Waals surface area contributed by atoms with Crippen molar-refractivity contribution in [2.75, 3.05) is 0 Å². The summed E-state index contributed by atoms with van der Waals surface area (Å²) in [7, 11) is 7.47. The van der Waals surface area contributed by atoms with E-state index < -0.39 is 0 Å². The number of rotatable bonds is 1. The molecule has 0 aliphatic heterocycles. The fraction of sp³-hybridized carbons (Fsp3) is 0.500. The number of nitrogens with zero attached hydrogens (tertiary/aromatic N) is 2. The normalized spacial score (nSPS) is 10.0. The van der Waals surface area contributed by atoms with Crippen molar-refractivity contribution in [2.24, 2.45) is 7.05 Å². The molecule has 0 aliphatic rings. The summed E-state index contributed by atoms with van der Waals surface area (Å²) in [5.74, 6) is 0. The predicted octanol–water partition coefficient (Wildman–Crippen LogP) is -0.224. The van der Waals surface area contributed by atoms with E-state index in [1.807, 2.05) is 7.05 Å². The summed E-state index contributed by atoms with van der Waals surface area (Å²) < 4.78 is 1.80. The van der Waals surface area contributed by atoms with Gasteiger partial charge in [0.15, 0.2) is 0 Å². The average molecular weight is 120 g/mol. The van der Waals surface area contributed by atoms with Gasteiger partial charge in [0, 0.05) is 18.9 Å². The summed E-state index contributed by atoms with van der Waals surface area (Å²) in [6.45, 7) is 2.06. The summed E-state index contributed by atoms with van der Waals surface area (Å²) in [6.07, 6.45) is 2.63. The van der Waals surface area contributed by atoms with E-state index in [1.54, 1.807) is 10.9 Å². The molecule has 0 saturated carbocycles. The minimum Gasteiger partial charge on any atom is -0.273 e. The second-order valence-electron chi connectivity index (χ2n) is 2.02. The van der Waals surface area contributed by atoms with Crippen molar-refractivity contribution in [3.8, 4) is 0 Å². The topological polar surface area (TPSA) is 17.8 Å². The lowest BCUT2D eigenvalue weighted by Crippen LogP contribution is -2.08. The number of hydrogen-bond donors (Lipinski definition) is 0. The molecular formula is C6H9BN2. The first-order chi connectivity index (χ1) is 4.25. The highest BCUT2D eigenvalue weighted by molar-refractivity contribution is 6.32. The fourth-order valence-corrected chi connectivity index (χ4v) is 0.913. The first-order valence-corrected chi connectivity index (χ1v) is 3.02. The third kappa shape index (κ3) is 0.993. The molecule has 0 fully saturated rings. The third-order valence-corrected chi connectivity index (χ3v) is 1.43. The molecule has 0 bridgehead atoms. The lowest BCUT2D eigenvalue weighted by atomic mass is 9.96. The number of aromatic nitrogens is 2. The maximum absolute atomic E-state index is 5.57. The van der Waals surface area contributed by atoms with Crippen molar-refractivity contribution in [3.05, 3.63) is 11.9 Å². The van der Waals surface area contributed by atoms with E-state index in [4.69, 9.17) is 7.85 Å². The van der Waals surface area contributed by atoms with Gasteiger partial charge in [-0.2, -0.15) is 5.10 Å². The zero-order chi connectivity index (χ0) is 6.85. The Kier molecular flexibility index (Phi) is 1.60. The molecule has 3 heteroatoms. The van der Waals surface area contributed by atoms with Crippen molar-refractivity contribution < 1.29 is 0 Å². The van der Waals surface area contributed by atoms with Gasteiger partial charge >= 0.3 is 0 Å². The van der Waals surface area contributed by atoms with E-state index in [2.05, 4.69) is 12.0 Å². The summed E-state index contributed by atoms with van der Waals surface area (Å²) >= 11 is 0. The molecule has 1 aromatic rings. The SMILES string of the molecule is [B]c1cnn(C)c1CC. The fourth-order valence-electron chi connectivity index (χ4n) is 0.913. The Balaban J connectivity index is 3.07. The van der Waals surface area contributed by atoms with Crippen LogP contribution in [0, 0.1) is 0 Å². The van der Waals surface area contributed by atoms with Crippen LogP contribution in [0.3, 0.4) is 0 Å². The summed E-state index contributed by atoms with van der Waals surface area (Å²) in [5, 5.41) is 3.98. The van der Waals surface area contributed by atoms with Crippen LogP contribution in [0.25, 0.3) is 0 Å². The van der Waals surface area contributed by atoms with Gasteiger partial charge in [-0.25, -0.2) is 0 Å². The standard InChI is InChI=1S/C6H9BN2/c1-3-6-5(7)4-8-9(6)2/h4H,3H2,1-2H3. The Morgan fingerprint density at radius 2 is 2.44 bits per heavy atom. The zero-order valence-electron chi connectivity index (χ0n) is 5.76. The molecule has 1 heterocycles. The molecule has 46 valence electrons. The molecule has 0 unspecified atom stereocenters. The van der Waals surface area contributed by atoms with E-state index in [0.717, 1.165) is 17.6 Å². The quantitative estimate of drug-likeness (QED) is 0.468. The minimum absolute atomic E-state index is 0.792. The minimum atomic E-state index is 0.792. The van der Waals surface area contributed by atoms with Gasteiger partial charge in [-0.15, -0.1) is 0 Å². The van der Waals surface area contributed by atoms with Crippen LogP contribution in [0.15, 0.2) is 6.20 Å². The molecule has 0 amide bonds. The van der Waals surface area contributed by atoms with Crippen molar-refractivity contribution in [1.29, 1.82) is 0 Å². The molecule has 0 aromatic carbocycles. The van der Waals surface area contributed by atoms with Crippen LogP contribution >= 0.6 is 0 Å². The predicted molar refractivity (Wildman–Crippen MR) is 38.0 cm³/mol. The lowest BCUT2D eigenvalue weighted by molar-refractivity contribution is 0.719. The van der Waals surface area contributed by atoms with Gasteiger partial charge in [0.2, 0.25) is 0 Å². The summed E-state index contributed by atoms with van der Waals surface area (Å²) in [5.41, 5.74) is 1.90. The molecule has 0 aliphatic carbocycles. The monoisotopic (exact) mass is 120 g/mol. The number of aryl methyl sites for hydroxylation is 1. The van der Waals surface area contributed by atoms with Gasteiger partial charge in [0.05, 0.1) is 0 Å². The van der Waals surface area contributed by atoms with Gasteiger partial charge in [0.25, 0.3) is 0 Å². The first kappa shape index (κ1) is 6.40. The molecule has 0 spiro atoms. The van der Waals surface area contributed by atoms with Gasteiger partial charge in [-0.3, -0.25) is 4.68 Å². The van der Waals surface area contributed by atoms with Crippen LogP contribution in [0.5, 0.6) is 0 Å². The van der Waals surface area contributed by atoms with E-state index in [-0.39, 0.29) is 0 Å². The van der Waals surface area contributed by atoms with Gasteiger partial charge in [0.1, 0.15) is 7.85 Å². The second kappa shape index (κ2) is 2.25. The molecule has 1 rings (SSSR count). The highest BCUT2D eigenvalue weighted by Crippen LogP contribution is 1.90. The zero-order valence-corrected chi connectivity index (χ0v) is 5.76. The Morgan fingerprint density at radius 1 is 1.78 bits per heavy atom. The Hall–Kier alpha value is -0.725. The van der Waals surface area contributed by atoms with E-state index in [1.165, 1.54) is 0 Å². The first-order valence-electron chi connectivity index (χ1n) is 3.02. The molecule has 1 aromatic heterocycles. The smallest absolute Gasteiger partial charge is 0.118 e.